The standard InChI is InChI=1S/C15H15FN2O3S/c1-18(10-11-6-8-12(9-7-11)15(17)19)22(20,21)14-5-3-2-4-13(14)16/h2-9H,10H2,1H3,(H2,17,19). The molecule has 2 N–H and O–H groups in total. The normalized spacial score (nSPS) is 11.6. The molecule has 5 nitrogen and oxygen atoms in total. The van der Waals surface area contributed by atoms with Gasteiger partial charge in [-0.15, -0.1) is 0 Å². The molecule has 0 aliphatic heterocycles. The number of benzene rings is 2. The summed E-state index contributed by atoms with van der Waals surface area (Å²) in [7, 11) is -2.56. The van der Waals surface area contributed by atoms with Crippen LogP contribution in [-0.4, -0.2) is 25.7 Å². The Morgan fingerprint density at radius 3 is 2.27 bits per heavy atom. The average molecular weight is 322 g/mol. The van der Waals surface area contributed by atoms with E-state index in [2.05, 4.69) is 0 Å². The van der Waals surface area contributed by atoms with Gasteiger partial charge in [0.05, 0.1) is 0 Å². The van der Waals surface area contributed by atoms with E-state index < -0.39 is 21.7 Å². The van der Waals surface area contributed by atoms with Gasteiger partial charge < -0.3 is 5.73 Å². The summed E-state index contributed by atoms with van der Waals surface area (Å²) in [6, 6.07) is 11.4. The third-order valence-corrected chi connectivity index (χ3v) is 5.01. The maximum atomic E-state index is 13.7. The monoisotopic (exact) mass is 322 g/mol. The zero-order valence-electron chi connectivity index (χ0n) is 11.9. The summed E-state index contributed by atoms with van der Waals surface area (Å²) < 4.78 is 39.4. The maximum Gasteiger partial charge on any atom is 0.248 e. The first-order valence-electron chi connectivity index (χ1n) is 6.42. The molecule has 0 aromatic heterocycles. The van der Waals surface area contributed by atoms with Gasteiger partial charge in [0.2, 0.25) is 15.9 Å². The fraction of sp³-hybridized carbons (Fsp3) is 0.133. The number of hydrogen-bond donors (Lipinski definition) is 1. The van der Waals surface area contributed by atoms with Gasteiger partial charge in [0.15, 0.2) is 0 Å². The summed E-state index contributed by atoms with van der Waals surface area (Å²) in [5, 5.41) is 0. The molecule has 0 atom stereocenters. The molecule has 2 rings (SSSR count). The molecule has 0 fully saturated rings. The third kappa shape index (κ3) is 3.32. The zero-order chi connectivity index (χ0) is 16.3. The molecule has 2 aromatic carbocycles. The SMILES string of the molecule is CN(Cc1ccc(C(N)=O)cc1)S(=O)(=O)c1ccccc1F. The Bertz CT molecular complexity index is 789. The molecule has 0 unspecified atom stereocenters. The molecule has 0 saturated heterocycles. The molecule has 0 heterocycles. The highest BCUT2D eigenvalue weighted by atomic mass is 32.2. The lowest BCUT2D eigenvalue weighted by Crippen LogP contribution is -2.27. The molecule has 116 valence electrons. The van der Waals surface area contributed by atoms with Crippen molar-refractivity contribution in [3.05, 3.63) is 65.5 Å². The Kier molecular flexibility index (Phi) is 4.58. The number of hydrogen-bond acceptors (Lipinski definition) is 3. The number of nitrogens with two attached hydrogens (primary N) is 1. The highest BCUT2D eigenvalue weighted by molar-refractivity contribution is 7.89. The van der Waals surface area contributed by atoms with Gasteiger partial charge in [-0.1, -0.05) is 24.3 Å². The fourth-order valence-corrected chi connectivity index (χ4v) is 3.16. The Morgan fingerprint density at radius 1 is 1.14 bits per heavy atom. The van der Waals surface area contributed by atoms with E-state index in [1.54, 1.807) is 12.1 Å². The number of primary amides is 1. The smallest absolute Gasteiger partial charge is 0.248 e. The number of amides is 1. The Hall–Kier alpha value is -2.25. The van der Waals surface area contributed by atoms with Gasteiger partial charge in [0, 0.05) is 19.2 Å². The molecular formula is C15H15FN2O3S. The van der Waals surface area contributed by atoms with Crippen molar-refractivity contribution in [3.8, 4) is 0 Å². The van der Waals surface area contributed by atoms with E-state index >= 15 is 0 Å². The molecule has 0 bridgehead atoms. The van der Waals surface area contributed by atoms with Gasteiger partial charge in [-0.25, -0.2) is 12.8 Å². The van der Waals surface area contributed by atoms with Crippen LogP contribution in [0.25, 0.3) is 0 Å². The van der Waals surface area contributed by atoms with Crippen LogP contribution in [0.3, 0.4) is 0 Å². The van der Waals surface area contributed by atoms with E-state index in [9.17, 15) is 17.6 Å². The van der Waals surface area contributed by atoms with Gasteiger partial charge in [-0.05, 0) is 29.8 Å². The predicted octanol–water partition coefficient (Wildman–Crippen LogP) is 1.75. The first-order chi connectivity index (χ1) is 10.3. The van der Waals surface area contributed by atoms with Crippen LogP contribution in [0.5, 0.6) is 0 Å². The summed E-state index contributed by atoms with van der Waals surface area (Å²) in [6.45, 7) is 0.0513. The van der Waals surface area contributed by atoms with Crippen LogP contribution in [-0.2, 0) is 16.6 Å². The van der Waals surface area contributed by atoms with Gasteiger partial charge >= 0.3 is 0 Å². The molecular weight excluding hydrogens is 307 g/mol. The summed E-state index contributed by atoms with van der Waals surface area (Å²) in [5.41, 5.74) is 6.14. The second-order valence-electron chi connectivity index (χ2n) is 4.75. The van der Waals surface area contributed by atoms with Crippen LogP contribution in [0, 0.1) is 5.82 Å². The predicted molar refractivity (Wildman–Crippen MR) is 80.0 cm³/mol. The van der Waals surface area contributed by atoms with Crippen LogP contribution < -0.4 is 5.73 Å². The van der Waals surface area contributed by atoms with Crippen LogP contribution in [0.1, 0.15) is 15.9 Å². The number of nitrogens with zero attached hydrogens (tertiary/aromatic N) is 1. The van der Waals surface area contributed by atoms with Crippen LogP contribution >= 0.6 is 0 Å². The zero-order valence-corrected chi connectivity index (χ0v) is 12.7. The van der Waals surface area contributed by atoms with Crippen molar-refractivity contribution >= 4 is 15.9 Å². The van der Waals surface area contributed by atoms with E-state index in [-0.39, 0.29) is 11.4 Å². The number of carbonyl (C=O) groups is 1. The fourth-order valence-electron chi connectivity index (χ4n) is 1.94. The Morgan fingerprint density at radius 2 is 1.73 bits per heavy atom. The molecule has 0 saturated carbocycles. The van der Waals surface area contributed by atoms with E-state index in [0.29, 0.717) is 11.1 Å². The molecule has 0 aliphatic carbocycles. The summed E-state index contributed by atoms with van der Waals surface area (Å²) in [6.07, 6.45) is 0. The highest BCUT2D eigenvalue weighted by Crippen LogP contribution is 2.19. The van der Waals surface area contributed by atoms with Crippen molar-refractivity contribution in [2.45, 2.75) is 11.4 Å². The van der Waals surface area contributed by atoms with Crippen molar-refractivity contribution in [1.82, 2.24) is 4.31 Å². The first kappa shape index (κ1) is 16.1. The number of rotatable bonds is 5. The minimum Gasteiger partial charge on any atom is -0.366 e. The summed E-state index contributed by atoms with van der Waals surface area (Å²) in [4.78, 5) is 10.6. The second-order valence-corrected chi connectivity index (χ2v) is 6.77. The van der Waals surface area contributed by atoms with Crippen molar-refractivity contribution < 1.29 is 17.6 Å². The van der Waals surface area contributed by atoms with E-state index in [0.717, 1.165) is 10.4 Å². The quantitative estimate of drug-likeness (QED) is 0.910. The lowest BCUT2D eigenvalue weighted by molar-refractivity contribution is 0.1000. The van der Waals surface area contributed by atoms with Crippen LogP contribution in [0.15, 0.2) is 53.4 Å². The topological polar surface area (TPSA) is 80.5 Å². The largest absolute Gasteiger partial charge is 0.366 e. The van der Waals surface area contributed by atoms with Crippen LogP contribution in [0.4, 0.5) is 4.39 Å². The third-order valence-electron chi connectivity index (χ3n) is 3.17. The molecule has 2 aromatic rings. The van der Waals surface area contributed by atoms with E-state index in [1.165, 1.54) is 37.4 Å². The molecule has 7 heteroatoms. The molecule has 0 radical (unpaired) electrons. The number of halogens is 1. The second kappa shape index (κ2) is 6.25. The summed E-state index contributed by atoms with van der Waals surface area (Å²) >= 11 is 0. The van der Waals surface area contributed by atoms with Gasteiger partial charge in [0.25, 0.3) is 0 Å². The minimum absolute atomic E-state index is 0.0513. The maximum absolute atomic E-state index is 13.7. The number of carbonyl (C=O) groups excluding carboxylic acids is 1. The van der Waals surface area contributed by atoms with Gasteiger partial charge in [-0.3, -0.25) is 4.79 Å². The van der Waals surface area contributed by atoms with Crippen molar-refractivity contribution in [1.29, 1.82) is 0 Å². The molecule has 1 amide bonds. The van der Waals surface area contributed by atoms with E-state index in [4.69, 9.17) is 5.73 Å². The summed E-state index contributed by atoms with van der Waals surface area (Å²) in [5.74, 6) is -1.35. The van der Waals surface area contributed by atoms with Crippen molar-refractivity contribution in [2.75, 3.05) is 7.05 Å². The highest BCUT2D eigenvalue weighted by Gasteiger charge is 2.24. The average Bonchev–Trinajstić information content (AvgIpc) is 2.48. The Balaban J connectivity index is 2.23. The van der Waals surface area contributed by atoms with Crippen molar-refractivity contribution in [3.63, 3.8) is 0 Å². The van der Waals surface area contributed by atoms with E-state index in [1.807, 2.05) is 0 Å². The molecule has 0 spiro atoms. The molecule has 22 heavy (non-hydrogen) atoms. The minimum atomic E-state index is -3.93. The van der Waals surface area contributed by atoms with Crippen molar-refractivity contribution in [2.24, 2.45) is 5.73 Å². The van der Waals surface area contributed by atoms with Crippen LogP contribution in [0.2, 0.25) is 0 Å². The number of sulfonamides is 1. The Labute approximate surface area is 128 Å². The van der Waals surface area contributed by atoms with Gasteiger partial charge in [-0.2, -0.15) is 4.31 Å². The van der Waals surface area contributed by atoms with Gasteiger partial charge in [0.1, 0.15) is 10.7 Å². The molecule has 0 aliphatic rings. The first-order valence-corrected chi connectivity index (χ1v) is 7.86. The lowest BCUT2D eigenvalue weighted by atomic mass is 10.1. The lowest BCUT2D eigenvalue weighted by Gasteiger charge is -2.17.